The molecule has 8 heteroatoms. The fraction of sp³-hybridized carbons (Fsp3) is 0.545. The highest BCUT2D eigenvalue weighted by Crippen LogP contribution is 2.48. The Morgan fingerprint density at radius 2 is 2.07 bits per heavy atom. The molecule has 0 atom stereocenters. The standard InChI is InChI=1S/C22H30FN5S.HI/c1-2-24-20(26-16-22(9-10-22)17-6-5-7-18(23)14-17)25-11-8-19-15-29-21(27-19)28-12-3-4-13-28;/h5-7,14-15H,2-4,8-13,16H2,1H3,(H2,24,25,26);1H. The van der Waals surface area contributed by atoms with E-state index in [0.717, 1.165) is 67.8 Å². The molecular weight excluding hydrogens is 512 g/mol. The first-order valence-corrected chi connectivity index (χ1v) is 11.5. The summed E-state index contributed by atoms with van der Waals surface area (Å²) in [5.74, 6) is 0.657. The molecule has 2 heterocycles. The van der Waals surface area contributed by atoms with Crippen molar-refractivity contribution in [3.05, 3.63) is 46.7 Å². The first kappa shape index (κ1) is 23.2. The number of aromatic nitrogens is 1. The van der Waals surface area contributed by atoms with Gasteiger partial charge in [-0.05, 0) is 50.3 Å². The van der Waals surface area contributed by atoms with Crippen LogP contribution in [0.2, 0.25) is 0 Å². The second kappa shape index (κ2) is 10.7. The average Bonchev–Trinajstić information content (AvgIpc) is 3.10. The van der Waals surface area contributed by atoms with Crippen molar-refractivity contribution in [2.24, 2.45) is 4.99 Å². The molecular formula is C22H31FIN5S. The summed E-state index contributed by atoms with van der Waals surface area (Å²) in [4.78, 5) is 12.0. The van der Waals surface area contributed by atoms with Gasteiger partial charge in [0.15, 0.2) is 11.1 Å². The van der Waals surface area contributed by atoms with Crippen LogP contribution < -0.4 is 15.5 Å². The molecule has 1 aromatic carbocycles. The molecule has 0 radical (unpaired) electrons. The van der Waals surface area contributed by atoms with Gasteiger partial charge >= 0.3 is 0 Å². The van der Waals surface area contributed by atoms with Gasteiger partial charge in [-0.3, -0.25) is 4.99 Å². The first-order chi connectivity index (χ1) is 14.2. The summed E-state index contributed by atoms with van der Waals surface area (Å²) in [6, 6.07) is 6.97. The normalized spacial score (nSPS) is 17.5. The summed E-state index contributed by atoms with van der Waals surface area (Å²) in [5, 5.41) is 10.1. The average molecular weight is 543 g/mol. The molecule has 30 heavy (non-hydrogen) atoms. The predicted molar refractivity (Wildman–Crippen MR) is 134 cm³/mol. The highest BCUT2D eigenvalue weighted by atomic mass is 127. The van der Waals surface area contributed by atoms with Crippen molar-refractivity contribution < 1.29 is 4.39 Å². The SMILES string of the molecule is CCNC(=NCC1(c2cccc(F)c2)CC1)NCCc1csc(N2CCCC2)n1.I. The number of guanidine groups is 1. The number of rotatable bonds is 8. The van der Waals surface area contributed by atoms with E-state index in [4.69, 9.17) is 9.98 Å². The van der Waals surface area contributed by atoms with E-state index in [-0.39, 0.29) is 35.2 Å². The molecule has 2 aromatic rings. The smallest absolute Gasteiger partial charge is 0.191 e. The van der Waals surface area contributed by atoms with Crippen molar-refractivity contribution in [3.8, 4) is 0 Å². The number of anilines is 1. The molecule has 1 saturated heterocycles. The number of aliphatic imine (C=N–C) groups is 1. The van der Waals surface area contributed by atoms with Crippen molar-refractivity contribution in [2.75, 3.05) is 37.6 Å². The summed E-state index contributed by atoms with van der Waals surface area (Å²) in [7, 11) is 0. The van der Waals surface area contributed by atoms with Crippen molar-refractivity contribution >= 4 is 46.4 Å². The number of benzene rings is 1. The first-order valence-electron chi connectivity index (χ1n) is 10.7. The molecule has 1 saturated carbocycles. The summed E-state index contributed by atoms with van der Waals surface area (Å²) in [6.45, 7) is 6.63. The van der Waals surface area contributed by atoms with Gasteiger partial charge in [0, 0.05) is 43.4 Å². The zero-order valence-corrected chi connectivity index (χ0v) is 20.6. The van der Waals surface area contributed by atoms with Gasteiger partial charge in [0.1, 0.15) is 5.82 Å². The van der Waals surface area contributed by atoms with Crippen LogP contribution in [0.1, 0.15) is 43.9 Å². The summed E-state index contributed by atoms with van der Waals surface area (Å²) >= 11 is 1.75. The van der Waals surface area contributed by atoms with Crippen LogP contribution in [0.25, 0.3) is 0 Å². The summed E-state index contributed by atoms with van der Waals surface area (Å²) in [6.07, 6.45) is 5.56. The Kier molecular flexibility index (Phi) is 8.33. The quantitative estimate of drug-likeness (QED) is 0.296. The van der Waals surface area contributed by atoms with Gasteiger partial charge in [-0.2, -0.15) is 0 Å². The summed E-state index contributed by atoms with van der Waals surface area (Å²) in [5.41, 5.74) is 2.21. The van der Waals surface area contributed by atoms with E-state index in [0.29, 0.717) is 6.54 Å². The maximum absolute atomic E-state index is 13.6. The Morgan fingerprint density at radius 1 is 1.27 bits per heavy atom. The van der Waals surface area contributed by atoms with Crippen LogP contribution in [0.3, 0.4) is 0 Å². The molecule has 2 aliphatic rings. The lowest BCUT2D eigenvalue weighted by Crippen LogP contribution is -2.39. The fourth-order valence-electron chi connectivity index (χ4n) is 3.85. The molecule has 4 rings (SSSR count). The lowest BCUT2D eigenvalue weighted by molar-refractivity contribution is 0.615. The van der Waals surface area contributed by atoms with Crippen LogP contribution in [0, 0.1) is 5.82 Å². The highest BCUT2D eigenvalue weighted by Gasteiger charge is 2.44. The van der Waals surface area contributed by atoms with Crippen LogP contribution in [0.5, 0.6) is 0 Å². The number of nitrogens with one attached hydrogen (secondary N) is 2. The minimum atomic E-state index is -0.167. The Morgan fingerprint density at radius 3 is 2.77 bits per heavy atom. The van der Waals surface area contributed by atoms with E-state index >= 15 is 0 Å². The Labute approximate surface area is 199 Å². The third-order valence-electron chi connectivity index (χ3n) is 5.76. The lowest BCUT2D eigenvalue weighted by Gasteiger charge is -2.16. The molecule has 0 spiro atoms. The van der Waals surface area contributed by atoms with Gasteiger partial charge in [-0.15, -0.1) is 35.3 Å². The molecule has 0 unspecified atom stereocenters. The molecule has 0 bridgehead atoms. The van der Waals surface area contributed by atoms with Crippen molar-refractivity contribution in [1.29, 1.82) is 0 Å². The van der Waals surface area contributed by atoms with Gasteiger partial charge in [0.2, 0.25) is 0 Å². The second-order valence-electron chi connectivity index (χ2n) is 7.98. The van der Waals surface area contributed by atoms with Crippen LogP contribution in [-0.4, -0.2) is 43.7 Å². The molecule has 0 amide bonds. The van der Waals surface area contributed by atoms with Crippen molar-refractivity contribution in [3.63, 3.8) is 0 Å². The fourth-order valence-corrected chi connectivity index (χ4v) is 4.77. The molecule has 164 valence electrons. The molecule has 5 nitrogen and oxygen atoms in total. The zero-order chi connectivity index (χ0) is 20.1. The van der Waals surface area contributed by atoms with Gasteiger partial charge in [0.25, 0.3) is 0 Å². The van der Waals surface area contributed by atoms with E-state index in [2.05, 4.69) is 27.8 Å². The molecule has 1 aliphatic carbocycles. The predicted octanol–water partition coefficient (Wildman–Crippen LogP) is 4.33. The monoisotopic (exact) mass is 543 g/mol. The van der Waals surface area contributed by atoms with Gasteiger partial charge in [-0.25, -0.2) is 9.37 Å². The number of halogens is 2. The van der Waals surface area contributed by atoms with Gasteiger partial charge in [0.05, 0.1) is 12.2 Å². The minimum absolute atomic E-state index is 0. The van der Waals surface area contributed by atoms with Gasteiger partial charge in [-0.1, -0.05) is 12.1 Å². The van der Waals surface area contributed by atoms with Crippen molar-refractivity contribution in [2.45, 2.75) is 44.4 Å². The van der Waals surface area contributed by atoms with E-state index in [1.807, 2.05) is 6.07 Å². The van der Waals surface area contributed by atoms with Crippen LogP contribution in [-0.2, 0) is 11.8 Å². The van der Waals surface area contributed by atoms with E-state index < -0.39 is 0 Å². The minimum Gasteiger partial charge on any atom is -0.357 e. The Bertz CT molecular complexity index is 846. The van der Waals surface area contributed by atoms with E-state index in [9.17, 15) is 4.39 Å². The second-order valence-corrected chi connectivity index (χ2v) is 8.81. The molecule has 1 aromatic heterocycles. The zero-order valence-electron chi connectivity index (χ0n) is 17.5. The number of thiazole rings is 1. The van der Waals surface area contributed by atoms with Crippen LogP contribution in [0.15, 0.2) is 34.6 Å². The molecule has 2 fully saturated rings. The lowest BCUT2D eigenvalue weighted by atomic mass is 9.96. The topological polar surface area (TPSA) is 52.6 Å². The molecule has 1 aliphatic heterocycles. The van der Waals surface area contributed by atoms with Crippen LogP contribution >= 0.6 is 35.3 Å². The Balaban J connectivity index is 0.00000256. The maximum atomic E-state index is 13.6. The summed E-state index contributed by atoms with van der Waals surface area (Å²) < 4.78 is 13.6. The number of hydrogen-bond acceptors (Lipinski definition) is 4. The van der Waals surface area contributed by atoms with Gasteiger partial charge < -0.3 is 15.5 Å². The Hall–Kier alpha value is -1.42. The largest absolute Gasteiger partial charge is 0.357 e. The van der Waals surface area contributed by atoms with E-state index in [1.54, 1.807) is 23.5 Å². The number of nitrogens with zero attached hydrogens (tertiary/aromatic N) is 3. The number of hydrogen-bond donors (Lipinski definition) is 2. The third-order valence-corrected chi connectivity index (χ3v) is 6.71. The van der Waals surface area contributed by atoms with E-state index in [1.165, 1.54) is 18.9 Å². The maximum Gasteiger partial charge on any atom is 0.191 e. The van der Waals surface area contributed by atoms with Crippen molar-refractivity contribution in [1.82, 2.24) is 15.6 Å². The van der Waals surface area contributed by atoms with Crippen LogP contribution in [0.4, 0.5) is 9.52 Å². The third kappa shape index (κ3) is 5.84. The molecule has 2 N–H and O–H groups in total. The highest BCUT2D eigenvalue weighted by molar-refractivity contribution is 14.0.